The zero-order valence-electron chi connectivity index (χ0n) is 12.3. The molecule has 22 heavy (non-hydrogen) atoms. The van der Waals surface area contributed by atoms with Crippen molar-refractivity contribution < 1.29 is 9.59 Å². The summed E-state index contributed by atoms with van der Waals surface area (Å²) in [6.45, 7) is 0. The lowest BCUT2D eigenvalue weighted by Gasteiger charge is -2.31. The quantitative estimate of drug-likeness (QED) is 0.874. The Hall–Kier alpha value is -2.42. The number of hydrogen-bond donors (Lipinski definition) is 1. The van der Waals surface area contributed by atoms with Gasteiger partial charge < -0.3 is 5.32 Å². The van der Waals surface area contributed by atoms with Crippen LogP contribution in [0.3, 0.4) is 0 Å². The number of nitrogens with one attached hydrogen (secondary N) is 1. The van der Waals surface area contributed by atoms with Crippen LogP contribution in [0.1, 0.15) is 37.2 Å². The van der Waals surface area contributed by atoms with Crippen LogP contribution >= 0.6 is 0 Å². The molecule has 2 aromatic rings. The van der Waals surface area contributed by atoms with Crippen molar-refractivity contribution in [2.45, 2.75) is 31.6 Å². The van der Waals surface area contributed by atoms with Crippen molar-refractivity contribution in [3.8, 4) is 0 Å². The number of fused-ring (bicyclic) bond motifs is 1. The zero-order chi connectivity index (χ0) is 15.1. The highest BCUT2D eigenvalue weighted by molar-refractivity contribution is 6.02. The van der Waals surface area contributed by atoms with Crippen molar-refractivity contribution >= 4 is 22.5 Å². The molecular formula is C19H17NO2. The van der Waals surface area contributed by atoms with E-state index in [9.17, 15) is 9.59 Å². The van der Waals surface area contributed by atoms with Crippen LogP contribution < -0.4 is 5.32 Å². The average molecular weight is 291 g/mol. The van der Waals surface area contributed by atoms with Gasteiger partial charge in [0.15, 0.2) is 5.78 Å². The van der Waals surface area contributed by atoms with Gasteiger partial charge in [-0.2, -0.15) is 0 Å². The lowest BCUT2D eigenvalue weighted by atomic mass is 9.77. The molecule has 1 atom stereocenters. The highest BCUT2D eigenvalue weighted by atomic mass is 16.2. The van der Waals surface area contributed by atoms with Crippen LogP contribution in [0.15, 0.2) is 53.7 Å². The van der Waals surface area contributed by atoms with Gasteiger partial charge in [-0.1, -0.05) is 42.5 Å². The van der Waals surface area contributed by atoms with Gasteiger partial charge >= 0.3 is 0 Å². The van der Waals surface area contributed by atoms with E-state index >= 15 is 0 Å². The smallest absolute Gasteiger partial charge is 0.225 e. The number of hydrogen-bond acceptors (Lipinski definition) is 2. The van der Waals surface area contributed by atoms with Crippen molar-refractivity contribution in [1.82, 2.24) is 5.32 Å². The second kappa shape index (κ2) is 5.09. The third kappa shape index (κ3) is 2.05. The van der Waals surface area contributed by atoms with Gasteiger partial charge in [-0.05, 0) is 29.2 Å². The van der Waals surface area contributed by atoms with Gasteiger partial charge in [0.2, 0.25) is 5.91 Å². The summed E-state index contributed by atoms with van der Waals surface area (Å²) in [6, 6.07) is 14.3. The summed E-state index contributed by atoms with van der Waals surface area (Å²) in [6.07, 6.45) is 2.59. The minimum Gasteiger partial charge on any atom is -0.329 e. The van der Waals surface area contributed by atoms with Crippen LogP contribution in [0.4, 0.5) is 0 Å². The van der Waals surface area contributed by atoms with Crippen LogP contribution in [0.25, 0.3) is 10.8 Å². The standard InChI is InChI=1S/C19H17NO2/c21-17-10-4-9-16-19(17)15(11-18(22)20-16)14-8-3-6-12-5-1-2-7-13(12)14/h1-3,5-8,15H,4,9-11H2,(H,20,22)/t15-/m0/s1. The molecule has 110 valence electrons. The Morgan fingerprint density at radius 1 is 0.955 bits per heavy atom. The Balaban J connectivity index is 1.92. The van der Waals surface area contributed by atoms with E-state index in [-0.39, 0.29) is 17.6 Å². The van der Waals surface area contributed by atoms with E-state index in [1.165, 1.54) is 0 Å². The molecule has 4 rings (SSSR count). The Morgan fingerprint density at radius 2 is 1.77 bits per heavy atom. The summed E-state index contributed by atoms with van der Waals surface area (Å²) in [4.78, 5) is 24.5. The van der Waals surface area contributed by atoms with E-state index in [1.807, 2.05) is 18.2 Å². The van der Waals surface area contributed by atoms with E-state index in [0.29, 0.717) is 12.8 Å². The number of amides is 1. The Kier molecular flexibility index (Phi) is 3.07. The molecule has 0 bridgehead atoms. The minimum absolute atomic E-state index is 0.0198. The average Bonchev–Trinajstić information content (AvgIpc) is 2.53. The fraction of sp³-hybridized carbons (Fsp3) is 0.263. The molecule has 0 aromatic heterocycles. The maximum atomic E-state index is 12.4. The van der Waals surface area contributed by atoms with Crippen LogP contribution in [0.2, 0.25) is 0 Å². The highest BCUT2D eigenvalue weighted by Crippen LogP contribution is 2.40. The predicted octanol–water partition coefficient (Wildman–Crippen LogP) is 3.45. The summed E-state index contributed by atoms with van der Waals surface area (Å²) in [5.41, 5.74) is 2.78. The third-order valence-corrected chi connectivity index (χ3v) is 4.68. The van der Waals surface area contributed by atoms with Gasteiger partial charge in [-0.15, -0.1) is 0 Å². The number of Topliss-reactive ketones (excluding diaryl/α,β-unsaturated/α-hetero) is 1. The molecule has 1 amide bonds. The van der Waals surface area contributed by atoms with Crippen LogP contribution in [-0.2, 0) is 9.59 Å². The minimum atomic E-state index is -0.109. The SMILES string of the molecule is O=C1C[C@@H](c2cccc3ccccc23)C2=C(CCCC2=O)N1. The first-order chi connectivity index (χ1) is 10.7. The van der Waals surface area contributed by atoms with Crippen LogP contribution in [-0.4, -0.2) is 11.7 Å². The van der Waals surface area contributed by atoms with Gasteiger partial charge in [0.05, 0.1) is 0 Å². The summed E-state index contributed by atoms with van der Waals surface area (Å²) in [5, 5.41) is 5.20. The van der Waals surface area contributed by atoms with Crippen molar-refractivity contribution in [2.24, 2.45) is 0 Å². The van der Waals surface area contributed by atoms with E-state index in [1.54, 1.807) is 0 Å². The van der Waals surface area contributed by atoms with Crippen LogP contribution in [0.5, 0.6) is 0 Å². The summed E-state index contributed by atoms with van der Waals surface area (Å²) >= 11 is 0. The van der Waals surface area contributed by atoms with Crippen molar-refractivity contribution in [3.05, 3.63) is 59.3 Å². The monoisotopic (exact) mass is 291 g/mol. The van der Waals surface area contributed by atoms with E-state index in [0.717, 1.165) is 40.4 Å². The second-order valence-corrected chi connectivity index (χ2v) is 6.04. The van der Waals surface area contributed by atoms with Gasteiger partial charge in [0.25, 0.3) is 0 Å². The molecule has 1 N–H and O–H groups in total. The molecule has 2 aliphatic rings. The summed E-state index contributed by atoms with van der Waals surface area (Å²) in [7, 11) is 0. The number of allylic oxidation sites excluding steroid dienone is 2. The molecule has 1 heterocycles. The van der Waals surface area contributed by atoms with E-state index in [4.69, 9.17) is 0 Å². The lowest BCUT2D eigenvalue weighted by Crippen LogP contribution is -2.36. The lowest BCUT2D eigenvalue weighted by molar-refractivity contribution is -0.122. The van der Waals surface area contributed by atoms with E-state index in [2.05, 4.69) is 29.6 Å². The van der Waals surface area contributed by atoms with Crippen molar-refractivity contribution in [1.29, 1.82) is 0 Å². The fourth-order valence-corrected chi connectivity index (χ4v) is 3.72. The Morgan fingerprint density at radius 3 is 2.68 bits per heavy atom. The van der Waals surface area contributed by atoms with E-state index < -0.39 is 0 Å². The molecule has 3 heteroatoms. The zero-order valence-corrected chi connectivity index (χ0v) is 12.3. The van der Waals surface area contributed by atoms with Gasteiger partial charge in [-0.25, -0.2) is 0 Å². The number of rotatable bonds is 1. The number of carbonyl (C=O) groups excluding carboxylic acids is 2. The molecule has 0 saturated carbocycles. The molecule has 1 aliphatic heterocycles. The molecule has 0 saturated heterocycles. The number of benzene rings is 2. The van der Waals surface area contributed by atoms with Crippen LogP contribution in [0, 0.1) is 0 Å². The predicted molar refractivity (Wildman–Crippen MR) is 85.3 cm³/mol. The first-order valence-electron chi connectivity index (χ1n) is 7.78. The third-order valence-electron chi connectivity index (χ3n) is 4.68. The molecule has 0 fully saturated rings. The highest BCUT2D eigenvalue weighted by Gasteiger charge is 2.35. The topological polar surface area (TPSA) is 46.2 Å². The van der Waals surface area contributed by atoms with Gasteiger partial charge in [0, 0.05) is 30.0 Å². The molecule has 3 nitrogen and oxygen atoms in total. The maximum absolute atomic E-state index is 12.4. The fourth-order valence-electron chi connectivity index (χ4n) is 3.72. The molecule has 0 unspecified atom stereocenters. The first-order valence-corrected chi connectivity index (χ1v) is 7.78. The second-order valence-electron chi connectivity index (χ2n) is 6.04. The molecule has 1 aliphatic carbocycles. The molecule has 0 spiro atoms. The van der Waals surface area contributed by atoms with Crippen molar-refractivity contribution in [2.75, 3.05) is 0 Å². The maximum Gasteiger partial charge on any atom is 0.225 e. The molecular weight excluding hydrogens is 274 g/mol. The van der Waals surface area contributed by atoms with Gasteiger partial charge in [0.1, 0.15) is 0 Å². The molecule has 2 aromatic carbocycles. The normalized spacial score (nSPS) is 21.7. The number of ketones is 1. The summed E-state index contributed by atoms with van der Waals surface area (Å²) in [5.74, 6) is 0.105. The first kappa shape index (κ1) is 13.3. The summed E-state index contributed by atoms with van der Waals surface area (Å²) < 4.78 is 0. The molecule has 0 radical (unpaired) electrons. The van der Waals surface area contributed by atoms with Gasteiger partial charge in [-0.3, -0.25) is 9.59 Å². The largest absolute Gasteiger partial charge is 0.329 e. The number of carbonyl (C=O) groups is 2. The Labute approximate surface area is 129 Å². The Bertz CT molecular complexity index is 814. The van der Waals surface area contributed by atoms with Crippen molar-refractivity contribution in [3.63, 3.8) is 0 Å².